The van der Waals surface area contributed by atoms with Crippen molar-refractivity contribution in [3.05, 3.63) is 34.6 Å². The third-order valence-electron chi connectivity index (χ3n) is 1.91. The molecule has 0 saturated carbocycles. The summed E-state index contributed by atoms with van der Waals surface area (Å²) in [6.07, 6.45) is -1.06. The third-order valence-corrected chi connectivity index (χ3v) is 2.20. The summed E-state index contributed by atoms with van der Waals surface area (Å²) in [4.78, 5) is 11.4. The minimum atomic E-state index is -1.06. The van der Waals surface area contributed by atoms with E-state index in [4.69, 9.17) is 21.8 Å². The second-order valence-electron chi connectivity index (χ2n) is 3.15. The van der Waals surface area contributed by atoms with Crippen LogP contribution in [0.2, 0.25) is 5.02 Å². The molecule has 1 atom stereocenters. The van der Waals surface area contributed by atoms with Gasteiger partial charge in [0.25, 0.3) is 5.91 Å². The van der Waals surface area contributed by atoms with Gasteiger partial charge in [-0.15, -0.1) is 0 Å². The predicted molar refractivity (Wildman–Crippen MR) is 56.8 cm³/mol. The normalized spacial score (nSPS) is 12.2. The molecule has 1 aromatic rings. The van der Waals surface area contributed by atoms with Gasteiger partial charge in [0, 0.05) is 6.54 Å². The molecule has 0 aliphatic heterocycles. The Morgan fingerprint density at radius 1 is 1.56 bits per heavy atom. The number of amides is 1. The number of carbonyl (C=O) groups excluding carboxylic acids is 1. The van der Waals surface area contributed by atoms with Gasteiger partial charge in [-0.25, -0.2) is 4.39 Å². The van der Waals surface area contributed by atoms with Crippen molar-refractivity contribution >= 4 is 17.5 Å². The van der Waals surface area contributed by atoms with E-state index in [0.717, 1.165) is 0 Å². The van der Waals surface area contributed by atoms with Crippen LogP contribution < -0.4 is 5.32 Å². The molecular formula is C10H11ClFNO3. The zero-order valence-electron chi connectivity index (χ0n) is 8.28. The number of aliphatic hydroxyl groups is 2. The van der Waals surface area contributed by atoms with E-state index >= 15 is 0 Å². The largest absolute Gasteiger partial charge is 0.394 e. The fourth-order valence-electron chi connectivity index (χ4n) is 1.05. The zero-order valence-corrected chi connectivity index (χ0v) is 9.04. The molecular weight excluding hydrogens is 237 g/mol. The van der Waals surface area contributed by atoms with Crippen LogP contribution in [0, 0.1) is 5.82 Å². The minimum absolute atomic E-state index is 0.143. The molecule has 1 aromatic carbocycles. The molecule has 0 radical (unpaired) electrons. The quantitative estimate of drug-likeness (QED) is 0.728. The molecule has 0 fully saturated rings. The van der Waals surface area contributed by atoms with Crippen LogP contribution in [0.5, 0.6) is 0 Å². The van der Waals surface area contributed by atoms with E-state index in [1.54, 1.807) is 0 Å². The van der Waals surface area contributed by atoms with Gasteiger partial charge in [0.1, 0.15) is 0 Å². The second kappa shape index (κ2) is 5.79. The fourth-order valence-corrected chi connectivity index (χ4v) is 1.22. The molecule has 0 saturated heterocycles. The van der Waals surface area contributed by atoms with Gasteiger partial charge in [-0.1, -0.05) is 17.7 Å². The van der Waals surface area contributed by atoms with Gasteiger partial charge >= 0.3 is 0 Å². The summed E-state index contributed by atoms with van der Waals surface area (Å²) >= 11 is 5.50. The van der Waals surface area contributed by atoms with Crippen molar-refractivity contribution < 1.29 is 19.4 Å². The fraction of sp³-hybridized carbons (Fsp3) is 0.300. The van der Waals surface area contributed by atoms with Crippen LogP contribution in [0.25, 0.3) is 0 Å². The van der Waals surface area contributed by atoms with Gasteiger partial charge in [0.2, 0.25) is 0 Å². The first-order valence-electron chi connectivity index (χ1n) is 4.57. The molecule has 1 amide bonds. The van der Waals surface area contributed by atoms with E-state index in [1.165, 1.54) is 18.2 Å². The van der Waals surface area contributed by atoms with E-state index in [-0.39, 0.29) is 17.1 Å². The number of hydrogen-bond acceptors (Lipinski definition) is 3. The van der Waals surface area contributed by atoms with Gasteiger partial charge < -0.3 is 15.5 Å². The molecule has 0 spiro atoms. The summed E-state index contributed by atoms with van der Waals surface area (Å²) in [6, 6.07) is 4.06. The van der Waals surface area contributed by atoms with Crippen molar-refractivity contribution in [2.45, 2.75) is 6.10 Å². The Balaban J connectivity index is 2.70. The molecule has 0 aliphatic rings. The highest BCUT2D eigenvalue weighted by Crippen LogP contribution is 2.17. The van der Waals surface area contributed by atoms with E-state index in [9.17, 15) is 9.18 Å². The number of halogens is 2. The maximum Gasteiger partial charge on any atom is 0.254 e. The van der Waals surface area contributed by atoms with Crippen molar-refractivity contribution in [2.75, 3.05) is 13.2 Å². The lowest BCUT2D eigenvalue weighted by atomic mass is 10.2. The summed E-state index contributed by atoms with van der Waals surface area (Å²) in [5.41, 5.74) is -0.197. The Morgan fingerprint density at radius 2 is 2.25 bits per heavy atom. The standard InChI is InChI=1S/C10H11ClFNO3/c11-8-3-1-2-7(9(8)12)10(16)13-4-6(15)5-14/h1-3,6,14-15H,4-5H2,(H,13,16). The molecule has 4 nitrogen and oxygen atoms in total. The van der Waals surface area contributed by atoms with E-state index in [2.05, 4.69) is 5.32 Å². The highest BCUT2D eigenvalue weighted by atomic mass is 35.5. The molecule has 0 heterocycles. The van der Waals surface area contributed by atoms with Crippen LogP contribution in [0.15, 0.2) is 18.2 Å². The number of hydrogen-bond donors (Lipinski definition) is 3. The van der Waals surface area contributed by atoms with Crippen LogP contribution >= 0.6 is 11.6 Å². The Morgan fingerprint density at radius 3 is 2.88 bits per heavy atom. The van der Waals surface area contributed by atoms with E-state index in [1.807, 2.05) is 0 Å². The first kappa shape index (κ1) is 12.9. The molecule has 16 heavy (non-hydrogen) atoms. The van der Waals surface area contributed by atoms with Gasteiger partial charge in [-0.2, -0.15) is 0 Å². The number of aliphatic hydroxyl groups excluding tert-OH is 2. The summed E-state index contributed by atoms with van der Waals surface area (Å²) in [5, 5.41) is 19.6. The molecule has 0 aromatic heterocycles. The first-order chi connectivity index (χ1) is 7.56. The maximum absolute atomic E-state index is 13.4. The second-order valence-corrected chi connectivity index (χ2v) is 3.56. The molecule has 0 aliphatic carbocycles. The topological polar surface area (TPSA) is 69.6 Å². The van der Waals surface area contributed by atoms with Crippen LogP contribution in [0.3, 0.4) is 0 Å². The summed E-state index contributed by atoms with van der Waals surface area (Å²) in [5.74, 6) is -1.49. The number of rotatable bonds is 4. The molecule has 1 unspecified atom stereocenters. The molecule has 1 rings (SSSR count). The first-order valence-corrected chi connectivity index (χ1v) is 4.95. The average Bonchev–Trinajstić information content (AvgIpc) is 2.29. The van der Waals surface area contributed by atoms with E-state index in [0.29, 0.717) is 0 Å². The number of nitrogens with one attached hydrogen (secondary N) is 1. The van der Waals surface area contributed by atoms with Crippen LogP contribution in [-0.4, -0.2) is 35.4 Å². The SMILES string of the molecule is O=C(NCC(O)CO)c1cccc(Cl)c1F. The average molecular weight is 248 g/mol. The maximum atomic E-state index is 13.4. The van der Waals surface area contributed by atoms with Crippen molar-refractivity contribution in [2.24, 2.45) is 0 Å². The smallest absolute Gasteiger partial charge is 0.254 e. The molecule has 3 N–H and O–H groups in total. The predicted octanol–water partition coefficient (Wildman–Crippen LogP) is 0.562. The van der Waals surface area contributed by atoms with Crippen LogP contribution in [-0.2, 0) is 0 Å². The van der Waals surface area contributed by atoms with Crippen molar-refractivity contribution in [3.8, 4) is 0 Å². The Hall–Kier alpha value is -1.17. The van der Waals surface area contributed by atoms with Gasteiger partial charge in [-0.05, 0) is 12.1 Å². The third kappa shape index (κ3) is 3.16. The van der Waals surface area contributed by atoms with Crippen molar-refractivity contribution in [3.63, 3.8) is 0 Å². The minimum Gasteiger partial charge on any atom is -0.394 e. The molecule has 0 bridgehead atoms. The number of benzene rings is 1. The lowest BCUT2D eigenvalue weighted by molar-refractivity contribution is 0.0799. The Labute approximate surface area is 96.7 Å². The van der Waals surface area contributed by atoms with Crippen LogP contribution in [0.4, 0.5) is 4.39 Å². The summed E-state index contributed by atoms with van der Waals surface area (Å²) < 4.78 is 13.4. The monoisotopic (exact) mass is 247 g/mol. The summed E-state index contributed by atoms with van der Waals surface area (Å²) in [6.45, 7) is -0.625. The van der Waals surface area contributed by atoms with Gasteiger partial charge in [-0.3, -0.25) is 4.79 Å². The van der Waals surface area contributed by atoms with Crippen molar-refractivity contribution in [1.29, 1.82) is 0 Å². The highest BCUT2D eigenvalue weighted by Gasteiger charge is 2.14. The molecule has 88 valence electrons. The van der Waals surface area contributed by atoms with Gasteiger partial charge in [0.05, 0.1) is 23.3 Å². The Bertz CT molecular complexity index is 386. The van der Waals surface area contributed by atoms with Crippen LogP contribution in [0.1, 0.15) is 10.4 Å². The zero-order chi connectivity index (χ0) is 12.1. The molecule has 6 heteroatoms. The lowest BCUT2D eigenvalue weighted by Crippen LogP contribution is -2.34. The summed E-state index contributed by atoms with van der Waals surface area (Å²) in [7, 11) is 0. The Kier molecular flexibility index (Phi) is 4.67. The van der Waals surface area contributed by atoms with Crippen molar-refractivity contribution in [1.82, 2.24) is 5.32 Å². The number of carbonyl (C=O) groups is 1. The lowest BCUT2D eigenvalue weighted by Gasteiger charge is -2.09. The van der Waals surface area contributed by atoms with E-state index < -0.39 is 24.4 Å². The highest BCUT2D eigenvalue weighted by molar-refractivity contribution is 6.31. The van der Waals surface area contributed by atoms with Gasteiger partial charge in [0.15, 0.2) is 5.82 Å².